The molecule has 1 atom stereocenters. The summed E-state index contributed by atoms with van der Waals surface area (Å²) in [7, 11) is -2.45. The van der Waals surface area contributed by atoms with Gasteiger partial charge >= 0.3 is 5.97 Å². The Morgan fingerprint density at radius 1 is 1.04 bits per heavy atom. The third-order valence-corrected chi connectivity index (χ3v) is 5.29. The zero-order chi connectivity index (χ0) is 20.6. The van der Waals surface area contributed by atoms with Gasteiger partial charge in [-0.1, -0.05) is 30.3 Å². The number of carbonyl (C=O) groups is 2. The van der Waals surface area contributed by atoms with Crippen molar-refractivity contribution in [2.24, 2.45) is 0 Å². The number of carbonyl (C=O) groups excluding carboxylic acids is 2. The maximum Gasteiger partial charge on any atom is 0.324 e. The number of benzene rings is 2. The molecule has 0 fully saturated rings. The van der Waals surface area contributed by atoms with Crippen molar-refractivity contribution in [1.29, 1.82) is 0 Å². The molecule has 2 aromatic carbocycles. The molecule has 1 amide bonds. The van der Waals surface area contributed by atoms with Crippen LogP contribution in [-0.4, -0.2) is 40.1 Å². The lowest BCUT2D eigenvalue weighted by atomic mass is 10.2. The van der Waals surface area contributed by atoms with Crippen LogP contribution in [0.15, 0.2) is 59.5 Å². The quantitative estimate of drug-likeness (QED) is 0.606. The number of amides is 1. The molecular formula is C19H22N2O6S. The molecule has 28 heavy (non-hydrogen) atoms. The van der Waals surface area contributed by atoms with E-state index in [1.165, 1.54) is 38.3 Å². The minimum absolute atomic E-state index is 0.0199. The van der Waals surface area contributed by atoms with Gasteiger partial charge in [-0.25, -0.2) is 8.42 Å². The topological polar surface area (TPSA) is 111 Å². The lowest BCUT2D eigenvalue weighted by Gasteiger charge is -2.14. The Morgan fingerprint density at radius 3 is 2.29 bits per heavy atom. The SMILES string of the molecule is COc1ccc(S(=O)(=O)N[C@@H](C)C(=O)OCC(=O)NCc2ccccc2)cc1. The summed E-state index contributed by atoms with van der Waals surface area (Å²) < 4.78 is 36.7. The number of sulfonamides is 1. The molecule has 0 aliphatic carbocycles. The Hall–Kier alpha value is -2.91. The number of ether oxygens (including phenoxy) is 2. The van der Waals surface area contributed by atoms with Crippen LogP contribution in [0, 0.1) is 0 Å². The Balaban J connectivity index is 1.81. The van der Waals surface area contributed by atoms with Crippen molar-refractivity contribution in [1.82, 2.24) is 10.0 Å². The van der Waals surface area contributed by atoms with Gasteiger partial charge in [0.15, 0.2) is 6.61 Å². The number of hydrogen-bond donors (Lipinski definition) is 2. The van der Waals surface area contributed by atoms with E-state index >= 15 is 0 Å². The molecule has 9 heteroatoms. The second kappa shape index (κ2) is 9.86. The highest BCUT2D eigenvalue weighted by molar-refractivity contribution is 7.89. The first-order valence-electron chi connectivity index (χ1n) is 8.45. The average molecular weight is 406 g/mol. The summed E-state index contributed by atoms with van der Waals surface area (Å²) in [5, 5.41) is 2.61. The molecule has 2 rings (SSSR count). The van der Waals surface area contributed by atoms with E-state index in [4.69, 9.17) is 9.47 Å². The zero-order valence-electron chi connectivity index (χ0n) is 15.5. The van der Waals surface area contributed by atoms with Gasteiger partial charge in [0.1, 0.15) is 11.8 Å². The standard InChI is InChI=1S/C19H22N2O6S/c1-14(21-28(24,25)17-10-8-16(26-2)9-11-17)19(23)27-13-18(22)20-12-15-6-4-3-5-7-15/h3-11,14,21H,12-13H2,1-2H3,(H,20,22)/t14-/m0/s1. The second-order valence-corrected chi connectivity index (χ2v) is 7.60. The van der Waals surface area contributed by atoms with Gasteiger partial charge in [0.05, 0.1) is 12.0 Å². The fourth-order valence-corrected chi connectivity index (χ4v) is 3.41. The first-order valence-corrected chi connectivity index (χ1v) is 9.94. The van der Waals surface area contributed by atoms with Crippen LogP contribution in [0.1, 0.15) is 12.5 Å². The zero-order valence-corrected chi connectivity index (χ0v) is 16.4. The number of methoxy groups -OCH3 is 1. The average Bonchev–Trinajstić information content (AvgIpc) is 2.70. The maximum atomic E-state index is 12.3. The third kappa shape index (κ3) is 6.36. The van der Waals surface area contributed by atoms with Gasteiger partial charge in [0.25, 0.3) is 5.91 Å². The summed E-state index contributed by atoms with van der Waals surface area (Å²) in [5.41, 5.74) is 0.905. The van der Waals surface area contributed by atoms with Gasteiger partial charge in [-0.15, -0.1) is 0 Å². The fourth-order valence-electron chi connectivity index (χ4n) is 2.21. The highest BCUT2D eigenvalue weighted by atomic mass is 32.2. The highest BCUT2D eigenvalue weighted by Gasteiger charge is 2.23. The molecule has 2 N–H and O–H groups in total. The van der Waals surface area contributed by atoms with E-state index in [-0.39, 0.29) is 4.90 Å². The molecule has 0 saturated heterocycles. The van der Waals surface area contributed by atoms with Crippen molar-refractivity contribution in [2.75, 3.05) is 13.7 Å². The van der Waals surface area contributed by atoms with E-state index in [2.05, 4.69) is 10.0 Å². The van der Waals surface area contributed by atoms with Crippen molar-refractivity contribution in [3.8, 4) is 5.75 Å². The molecule has 0 aliphatic rings. The Morgan fingerprint density at radius 2 is 1.68 bits per heavy atom. The van der Waals surface area contributed by atoms with Crippen molar-refractivity contribution < 1.29 is 27.5 Å². The molecule has 0 unspecified atom stereocenters. The van der Waals surface area contributed by atoms with Crippen molar-refractivity contribution in [2.45, 2.75) is 24.4 Å². The Kier molecular flexibility index (Phi) is 7.53. The first kappa shape index (κ1) is 21.4. The molecule has 0 heterocycles. The van der Waals surface area contributed by atoms with Crippen LogP contribution >= 0.6 is 0 Å². The molecule has 150 valence electrons. The largest absolute Gasteiger partial charge is 0.497 e. The Bertz CT molecular complexity index is 898. The van der Waals surface area contributed by atoms with E-state index < -0.39 is 34.5 Å². The molecule has 8 nitrogen and oxygen atoms in total. The number of esters is 1. The first-order chi connectivity index (χ1) is 13.3. The molecule has 0 saturated carbocycles. The minimum Gasteiger partial charge on any atom is -0.497 e. The van der Waals surface area contributed by atoms with Gasteiger partial charge in [0.2, 0.25) is 10.0 Å². The van der Waals surface area contributed by atoms with E-state index in [1.807, 2.05) is 30.3 Å². The lowest BCUT2D eigenvalue weighted by Crippen LogP contribution is -2.40. The van der Waals surface area contributed by atoms with Gasteiger partial charge in [-0.3, -0.25) is 9.59 Å². The number of nitrogens with one attached hydrogen (secondary N) is 2. The van der Waals surface area contributed by atoms with E-state index in [0.717, 1.165) is 5.56 Å². The molecular weight excluding hydrogens is 384 g/mol. The minimum atomic E-state index is -3.92. The molecule has 0 radical (unpaired) electrons. The predicted octanol–water partition coefficient (Wildman–Crippen LogP) is 1.22. The summed E-state index contributed by atoms with van der Waals surface area (Å²) in [6.45, 7) is 1.14. The third-order valence-electron chi connectivity index (χ3n) is 3.73. The summed E-state index contributed by atoms with van der Waals surface area (Å²) in [4.78, 5) is 23.7. The van der Waals surface area contributed by atoms with E-state index in [0.29, 0.717) is 12.3 Å². The van der Waals surface area contributed by atoms with Gasteiger partial charge < -0.3 is 14.8 Å². The molecule has 0 aliphatic heterocycles. The lowest BCUT2D eigenvalue weighted by molar-refractivity contribution is -0.149. The summed E-state index contributed by atoms with van der Waals surface area (Å²) >= 11 is 0. The summed E-state index contributed by atoms with van der Waals surface area (Å²) in [5.74, 6) is -0.831. The second-order valence-electron chi connectivity index (χ2n) is 5.89. The molecule has 0 spiro atoms. The van der Waals surface area contributed by atoms with Crippen LogP contribution in [0.5, 0.6) is 5.75 Å². The monoisotopic (exact) mass is 406 g/mol. The van der Waals surface area contributed by atoms with E-state index in [9.17, 15) is 18.0 Å². The van der Waals surface area contributed by atoms with Crippen LogP contribution in [0.25, 0.3) is 0 Å². The van der Waals surface area contributed by atoms with Crippen molar-refractivity contribution >= 4 is 21.9 Å². The van der Waals surface area contributed by atoms with Crippen LogP contribution in [0.4, 0.5) is 0 Å². The number of hydrogen-bond acceptors (Lipinski definition) is 6. The van der Waals surface area contributed by atoms with Gasteiger partial charge in [0, 0.05) is 6.54 Å². The van der Waals surface area contributed by atoms with Crippen LogP contribution in [-0.2, 0) is 30.9 Å². The van der Waals surface area contributed by atoms with E-state index in [1.54, 1.807) is 0 Å². The predicted molar refractivity (Wildman–Crippen MR) is 102 cm³/mol. The van der Waals surface area contributed by atoms with Gasteiger partial charge in [-0.2, -0.15) is 4.72 Å². The van der Waals surface area contributed by atoms with Crippen molar-refractivity contribution in [3.63, 3.8) is 0 Å². The van der Waals surface area contributed by atoms with Crippen molar-refractivity contribution in [3.05, 3.63) is 60.2 Å². The van der Waals surface area contributed by atoms with Crippen LogP contribution in [0.3, 0.4) is 0 Å². The van der Waals surface area contributed by atoms with Gasteiger partial charge in [-0.05, 0) is 36.8 Å². The highest BCUT2D eigenvalue weighted by Crippen LogP contribution is 2.15. The normalized spacial score (nSPS) is 12.1. The van der Waals surface area contributed by atoms with Crippen LogP contribution in [0.2, 0.25) is 0 Å². The van der Waals surface area contributed by atoms with Crippen LogP contribution < -0.4 is 14.8 Å². The number of rotatable bonds is 9. The molecule has 2 aromatic rings. The summed E-state index contributed by atoms with van der Waals surface area (Å²) in [6, 6.07) is 13.8. The smallest absolute Gasteiger partial charge is 0.324 e. The summed E-state index contributed by atoms with van der Waals surface area (Å²) in [6.07, 6.45) is 0. The Labute approximate surface area is 163 Å². The fraction of sp³-hybridized carbons (Fsp3) is 0.263. The maximum absolute atomic E-state index is 12.3. The molecule has 0 bridgehead atoms. The molecule has 0 aromatic heterocycles.